The Balaban J connectivity index is 2.32. The van der Waals surface area contributed by atoms with Gasteiger partial charge in [-0.2, -0.15) is 0 Å². The number of hydrogen-bond donors (Lipinski definition) is 2. The Kier molecular flexibility index (Phi) is 3.42. The second-order valence-electron chi connectivity index (χ2n) is 3.54. The number of amidine groups is 1. The van der Waals surface area contributed by atoms with Gasteiger partial charge in [-0.3, -0.25) is 0 Å². The predicted octanol–water partition coefficient (Wildman–Crippen LogP) is 0.429. The fourth-order valence-electron chi connectivity index (χ4n) is 1.63. The van der Waals surface area contributed by atoms with E-state index >= 15 is 0 Å². The summed E-state index contributed by atoms with van der Waals surface area (Å²) in [4.78, 5) is 8.13. The molecule has 7 heteroatoms. The number of ether oxygens (including phenoxy) is 1. The van der Waals surface area contributed by atoms with Crippen molar-refractivity contribution in [3.05, 3.63) is 42.1 Å². The summed E-state index contributed by atoms with van der Waals surface area (Å²) in [6.07, 6.45) is 4.97. The van der Waals surface area contributed by atoms with Crippen molar-refractivity contribution in [1.29, 1.82) is 0 Å². The predicted molar refractivity (Wildman–Crippen MR) is 64.6 cm³/mol. The summed E-state index contributed by atoms with van der Waals surface area (Å²) in [5.74, 6) is 0.892. The highest BCUT2D eigenvalue weighted by molar-refractivity contribution is 5.93. The fraction of sp³-hybridized carbons (Fsp3) is 0.182. The van der Waals surface area contributed by atoms with Crippen LogP contribution in [0.2, 0.25) is 0 Å². The number of nitrogens with two attached hydrogens (primary N) is 1. The van der Waals surface area contributed by atoms with Crippen molar-refractivity contribution in [2.24, 2.45) is 10.9 Å². The quantitative estimate of drug-likeness (QED) is 0.353. The first-order valence-corrected chi connectivity index (χ1v) is 5.23. The van der Waals surface area contributed by atoms with Gasteiger partial charge in [-0.05, 0) is 6.07 Å². The van der Waals surface area contributed by atoms with E-state index < -0.39 is 0 Å². The van der Waals surface area contributed by atoms with Gasteiger partial charge in [0.1, 0.15) is 0 Å². The third-order valence-corrected chi connectivity index (χ3v) is 2.44. The molecule has 0 aliphatic rings. The van der Waals surface area contributed by atoms with E-state index in [0.717, 1.165) is 5.56 Å². The molecule has 0 aliphatic carbocycles. The minimum absolute atomic E-state index is 0.0390. The molecule has 2 aromatic heterocycles. The van der Waals surface area contributed by atoms with Gasteiger partial charge in [0, 0.05) is 24.2 Å². The van der Waals surface area contributed by atoms with E-state index in [9.17, 15) is 0 Å². The molecule has 2 heterocycles. The number of rotatable bonds is 4. The summed E-state index contributed by atoms with van der Waals surface area (Å²) in [6.45, 7) is 0.475. The number of pyridine rings is 1. The van der Waals surface area contributed by atoms with Gasteiger partial charge in [-0.1, -0.05) is 11.2 Å². The van der Waals surface area contributed by atoms with Crippen molar-refractivity contribution >= 4 is 5.84 Å². The number of imidazole rings is 1. The summed E-state index contributed by atoms with van der Waals surface area (Å²) in [5.41, 5.74) is 6.41. The van der Waals surface area contributed by atoms with E-state index in [4.69, 9.17) is 15.7 Å². The zero-order chi connectivity index (χ0) is 13.0. The van der Waals surface area contributed by atoms with Crippen LogP contribution < -0.4 is 10.5 Å². The van der Waals surface area contributed by atoms with E-state index in [1.807, 2.05) is 12.1 Å². The Labute approximate surface area is 104 Å². The topological polar surface area (TPSA) is 98.5 Å². The number of hydrogen-bond acceptors (Lipinski definition) is 5. The van der Waals surface area contributed by atoms with Gasteiger partial charge in [-0.25, -0.2) is 9.97 Å². The van der Waals surface area contributed by atoms with Crippen LogP contribution >= 0.6 is 0 Å². The Morgan fingerprint density at radius 3 is 3.06 bits per heavy atom. The Morgan fingerprint density at radius 2 is 2.33 bits per heavy atom. The molecule has 0 spiro atoms. The van der Waals surface area contributed by atoms with Crippen LogP contribution in [0.25, 0.3) is 0 Å². The summed E-state index contributed by atoms with van der Waals surface area (Å²) in [7, 11) is 1.56. The first-order valence-electron chi connectivity index (χ1n) is 5.23. The summed E-state index contributed by atoms with van der Waals surface area (Å²) >= 11 is 0. The molecule has 7 nitrogen and oxygen atoms in total. The Bertz CT molecular complexity index is 564. The number of nitrogens with zero attached hydrogens (tertiary/aromatic N) is 4. The molecule has 0 unspecified atom stereocenters. The van der Waals surface area contributed by atoms with Crippen LogP contribution in [0.1, 0.15) is 11.4 Å². The van der Waals surface area contributed by atoms with Gasteiger partial charge >= 0.3 is 0 Å². The van der Waals surface area contributed by atoms with Gasteiger partial charge in [-0.15, -0.1) is 0 Å². The van der Waals surface area contributed by atoms with Crippen LogP contribution in [0.5, 0.6) is 5.88 Å². The van der Waals surface area contributed by atoms with Gasteiger partial charge in [0.2, 0.25) is 11.7 Å². The lowest BCUT2D eigenvalue weighted by molar-refractivity contribution is 0.318. The molecular weight excluding hydrogens is 234 g/mol. The van der Waals surface area contributed by atoms with E-state index in [2.05, 4.69) is 15.1 Å². The summed E-state index contributed by atoms with van der Waals surface area (Å²) in [5, 5.41) is 11.6. The lowest BCUT2D eigenvalue weighted by atomic mass is 10.2. The van der Waals surface area contributed by atoms with Crippen molar-refractivity contribution < 1.29 is 9.94 Å². The van der Waals surface area contributed by atoms with E-state index in [1.54, 1.807) is 30.3 Å². The molecule has 0 radical (unpaired) electrons. The van der Waals surface area contributed by atoms with Gasteiger partial charge in [0.25, 0.3) is 0 Å². The van der Waals surface area contributed by atoms with E-state index in [-0.39, 0.29) is 5.84 Å². The molecule has 0 aliphatic heterocycles. The third-order valence-electron chi connectivity index (χ3n) is 2.44. The Morgan fingerprint density at radius 1 is 1.50 bits per heavy atom. The van der Waals surface area contributed by atoms with E-state index in [0.29, 0.717) is 18.2 Å². The summed E-state index contributed by atoms with van der Waals surface area (Å²) < 4.78 is 6.91. The van der Waals surface area contributed by atoms with Crippen LogP contribution in [-0.4, -0.2) is 32.7 Å². The molecular formula is C11H13N5O2. The average molecular weight is 247 g/mol. The van der Waals surface area contributed by atoms with Gasteiger partial charge < -0.3 is 20.2 Å². The standard InChI is InChI=1S/C11H13N5O2/c1-18-11-8(3-2-4-14-11)7-16-6-5-13-10(16)9(12)15-17/h2-6,17H,7H2,1H3,(H2,12,15). The molecule has 0 amide bonds. The molecule has 2 rings (SSSR count). The maximum atomic E-state index is 8.67. The smallest absolute Gasteiger partial charge is 0.218 e. The zero-order valence-electron chi connectivity index (χ0n) is 9.82. The first-order chi connectivity index (χ1) is 8.76. The third kappa shape index (κ3) is 2.24. The molecule has 3 N–H and O–H groups in total. The molecule has 0 atom stereocenters. The summed E-state index contributed by atoms with van der Waals surface area (Å²) in [6, 6.07) is 3.71. The van der Waals surface area contributed by atoms with Crippen molar-refractivity contribution in [3.8, 4) is 5.88 Å². The van der Waals surface area contributed by atoms with Crippen LogP contribution in [-0.2, 0) is 6.54 Å². The maximum Gasteiger partial charge on any atom is 0.218 e. The molecule has 94 valence electrons. The maximum absolute atomic E-state index is 8.67. The van der Waals surface area contributed by atoms with Crippen LogP contribution in [0.4, 0.5) is 0 Å². The second-order valence-corrected chi connectivity index (χ2v) is 3.54. The van der Waals surface area contributed by atoms with Crippen molar-refractivity contribution in [3.63, 3.8) is 0 Å². The lowest BCUT2D eigenvalue weighted by Crippen LogP contribution is -2.20. The monoisotopic (exact) mass is 247 g/mol. The number of aromatic nitrogens is 3. The van der Waals surface area contributed by atoms with Crippen molar-refractivity contribution in [1.82, 2.24) is 14.5 Å². The SMILES string of the molecule is COc1ncccc1Cn1ccnc1C(N)=NO. The highest BCUT2D eigenvalue weighted by atomic mass is 16.5. The fourth-order valence-corrected chi connectivity index (χ4v) is 1.63. The molecule has 18 heavy (non-hydrogen) atoms. The Hall–Kier alpha value is -2.57. The highest BCUT2D eigenvalue weighted by Crippen LogP contribution is 2.15. The molecule has 0 fully saturated rings. The van der Waals surface area contributed by atoms with Crippen LogP contribution in [0.3, 0.4) is 0 Å². The lowest BCUT2D eigenvalue weighted by Gasteiger charge is -2.09. The normalized spacial score (nSPS) is 11.5. The molecule has 0 saturated heterocycles. The minimum Gasteiger partial charge on any atom is -0.481 e. The second kappa shape index (κ2) is 5.17. The highest BCUT2D eigenvalue weighted by Gasteiger charge is 2.10. The number of oxime groups is 1. The van der Waals surface area contributed by atoms with E-state index in [1.165, 1.54) is 0 Å². The first kappa shape index (κ1) is 11.9. The molecule has 0 aromatic carbocycles. The van der Waals surface area contributed by atoms with Crippen molar-refractivity contribution in [2.75, 3.05) is 7.11 Å². The largest absolute Gasteiger partial charge is 0.481 e. The van der Waals surface area contributed by atoms with Gasteiger partial charge in [0.15, 0.2) is 5.82 Å². The van der Waals surface area contributed by atoms with Crippen molar-refractivity contribution in [2.45, 2.75) is 6.54 Å². The average Bonchev–Trinajstić information content (AvgIpc) is 2.86. The molecule has 2 aromatic rings. The van der Waals surface area contributed by atoms with Crippen LogP contribution in [0, 0.1) is 0 Å². The number of methoxy groups -OCH3 is 1. The molecule has 0 saturated carbocycles. The van der Waals surface area contributed by atoms with Gasteiger partial charge in [0.05, 0.1) is 13.7 Å². The van der Waals surface area contributed by atoms with Crippen LogP contribution in [0.15, 0.2) is 35.9 Å². The minimum atomic E-state index is -0.0390. The zero-order valence-corrected chi connectivity index (χ0v) is 9.82. The molecule has 0 bridgehead atoms.